The molecule has 4 nitrogen and oxygen atoms in total. The quantitative estimate of drug-likeness (QED) is 0.701. The summed E-state index contributed by atoms with van der Waals surface area (Å²) in [6, 6.07) is 3.47. The van der Waals surface area contributed by atoms with E-state index >= 15 is 0 Å². The average molecular weight is 207 g/mol. The average Bonchev–Trinajstić information content (AvgIpc) is 2.23. The Bertz CT molecular complexity index is 343. The van der Waals surface area contributed by atoms with Gasteiger partial charge in [-0.25, -0.2) is 4.98 Å². The largest absolute Gasteiger partial charge is 0.484 e. The molecule has 0 radical (unpaired) electrons. The molecule has 0 unspecified atom stereocenters. The second-order valence-corrected chi connectivity index (χ2v) is 3.43. The number of Topliss-reactive ketones (excluding diaryl/α,β-unsaturated/α-hetero) is 1. The molecule has 0 aromatic carbocycles. The molecular formula is C11H13NO3. The van der Waals surface area contributed by atoms with Crippen molar-refractivity contribution >= 4 is 5.78 Å². The van der Waals surface area contributed by atoms with E-state index < -0.39 is 0 Å². The predicted octanol–water partition coefficient (Wildman–Crippen LogP) is 1.45. The Morgan fingerprint density at radius 1 is 1.60 bits per heavy atom. The van der Waals surface area contributed by atoms with Crippen LogP contribution in [-0.2, 0) is 4.74 Å². The van der Waals surface area contributed by atoms with E-state index in [4.69, 9.17) is 9.47 Å². The number of hydrogen-bond acceptors (Lipinski definition) is 4. The number of pyridine rings is 1. The van der Waals surface area contributed by atoms with Crippen molar-refractivity contribution in [3.63, 3.8) is 0 Å². The fourth-order valence-electron chi connectivity index (χ4n) is 1.27. The van der Waals surface area contributed by atoms with Gasteiger partial charge >= 0.3 is 0 Å². The van der Waals surface area contributed by atoms with Crippen LogP contribution in [-0.4, -0.2) is 30.1 Å². The van der Waals surface area contributed by atoms with Gasteiger partial charge in [-0.3, -0.25) is 4.79 Å². The minimum atomic E-state index is 0.0496. The van der Waals surface area contributed by atoms with Crippen LogP contribution in [0.5, 0.6) is 5.75 Å². The number of aromatic nitrogens is 1. The lowest BCUT2D eigenvalue weighted by atomic mass is 10.2. The summed E-state index contributed by atoms with van der Waals surface area (Å²) in [5.74, 6) is 0.740. The third-order valence-corrected chi connectivity index (χ3v) is 2.25. The molecule has 2 heterocycles. The summed E-state index contributed by atoms with van der Waals surface area (Å²) in [6.07, 6.45) is 2.20. The molecule has 0 spiro atoms. The summed E-state index contributed by atoms with van der Waals surface area (Å²) >= 11 is 0. The van der Waals surface area contributed by atoms with Crippen molar-refractivity contribution in [3.8, 4) is 5.75 Å². The Morgan fingerprint density at radius 3 is 2.87 bits per heavy atom. The molecule has 0 N–H and O–H groups in total. The topological polar surface area (TPSA) is 48.4 Å². The van der Waals surface area contributed by atoms with Crippen LogP contribution in [0.2, 0.25) is 0 Å². The molecule has 0 atom stereocenters. The van der Waals surface area contributed by atoms with Crippen LogP contribution >= 0.6 is 0 Å². The first-order valence-corrected chi connectivity index (χ1v) is 5.03. The van der Waals surface area contributed by atoms with Crippen molar-refractivity contribution in [1.82, 2.24) is 4.98 Å². The first kappa shape index (κ1) is 10.1. The molecule has 1 fully saturated rings. The van der Waals surface area contributed by atoms with Gasteiger partial charge < -0.3 is 9.47 Å². The molecular weight excluding hydrogens is 194 g/mol. The normalized spacial score (nSPS) is 15.8. The van der Waals surface area contributed by atoms with E-state index in [0.29, 0.717) is 31.1 Å². The van der Waals surface area contributed by atoms with E-state index in [-0.39, 0.29) is 11.9 Å². The van der Waals surface area contributed by atoms with Crippen LogP contribution in [0.3, 0.4) is 0 Å². The van der Waals surface area contributed by atoms with Gasteiger partial charge in [-0.15, -0.1) is 0 Å². The minimum Gasteiger partial charge on any atom is -0.484 e. The maximum Gasteiger partial charge on any atom is 0.180 e. The minimum absolute atomic E-state index is 0.0496. The molecule has 1 saturated heterocycles. The van der Waals surface area contributed by atoms with Crippen LogP contribution in [0.25, 0.3) is 0 Å². The third-order valence-electron chi connectivity index (χ3n) is 2.25. The number of ether oxygens (including phenoxy) is 2. The van der Waals surface area contributed by atoms with Crippen LogP contribution < -0.4 is 4.74 Å². The van der Waals surface area contributed by atoms with Crippen LogP contribution in [0, 0.1) is 0 Å². The molecule has 0 amide bonds. The van der Waals surface area contributed by atoms with Gasteiger partial charge in [0.1, 0.15) is 17.5 Å². The Morgan fingerprint density at radius 2 is 2.40 bits per heavy atom. The van der Waals surface area contributed by atoms with Gasteiger partial charge in [0.05, 0.1) is 19.4 Å². The zero-order valence-electron chi connectivity index (χ0n) is 8.60. The summed E-state index contributed by atoms with van der Waals surface area (Å²) in [5, 5.41) is 0. The molecule has 1 aliphatic heterocycles. The van der Waals surface area contributed by atoms with Gasteiger partial charge in [0.15, 0.2) is 5.78 Å². The molecule has 0 saturated carbocycles. The monoisotopic (exact) mass is 207 g/mol. The molecule has 0 bridgehead atoms. The first-order valence-electron chi connectivity index (χ1n) is 5.03. The van der Waals surface area contributed by atoms with E-state index in [1.165, 1.54) is 0 Å². The highest BCUT2D eigenvalue weighted by Crippen LogP contribution is 2.15. The number of hydrogen-bond donors (Lipinski definition) is 0. The molecule has 0 aliphatic carbocycles. The van der Waals surface area contributed by atoms with Gasteiger partial charge in [0.2, 0.25) is 0 Å². The number of ketones is 1. The number of carbonyl (C=O) groups is 1. The molecule has 2 rings (SSSR count). The standard InChI is InChI=1S/C11H13NO3/c1-2-11(13)10-4-3-8(5-12-10)15-9-6-14-7-9/h3-5,9H,2,6-7H2,1H3. The van der Waals surface area contributed by atoms with Crippen molar-refractivity contribution in [2.24, 2.45) is 0 Å². The van der Waals surface area contributed by atoms with E-state index in [0.717, 1.165) is 0 Å². The Kier molecular flexibility index (Phi) is 2.97. The van der Waals surface area contributed by atoms with Gasteiger partial charge in [0, 0.05) is 6.42 Å². The zero-order chi connectivity index (χ0) is 10.7. The van der Waals surface area contributed by atoms with Crippen molar-refractivity contribution in [2.45, 2.75) is 19.4 Å². The molecule has 80 valence electrons. The SMILES string of the molecule is CCC(=O)c1ccc(OC2COC2)cn1. The summed E-state index contributed by atoms with van der Waals surface area (Å²) in [6.45, 7) is 3.09. The maximum atomic E-state index is 11.3. The second kappa shape index (κ2) is 4.40. The summed E-state index contributed by atoms with van der Waals surface area (Å²) in [5.41, 5.74) is 0.495. The van der Waals surface area contributed by atoms with Gasteiger partial charge in [-0.2, -0.15) is 0 Å². The Balaban J connectivity index is 1.99. The predicted molar refractivity (Wildman–Crippen MR) is 54.1 cm³/mol. The Labute approximate surface area is 88.2 Å². The highest BCUT2D eigenvalue weighted by atomic mass is 16.6. The van der Waals surface area contributed by atoms with Crippen LogP contribution in [0.15, 0.2) is 18.3 Å². The number of carbonyl (C=O) groups excluding carboxylic acids is 1. The van der Waals surface area contributed by atoms with Gasteiger partial charge in [-0.1, -0.05) is 6.92 Å². The fourth-order valence-corrected chi connectivity index (χ4v) is 1.27. The Hall–Kier alpha value is -1.42. The fraction of sp³-hybridized carbons (Fsp3) is 0.455. The lowest BCUT2D eigenvalue weighted by Crippen LogP contribution is -2.38. The van der Waals surface area contributed by atoms with E-state index in [2.05, 4.69) is 4.98 Å². The molecule has 1 aromatic heterocycles. The second-order valence-electron chi connectivity index (χ2n) is 3.43. The van der Waals surface area contributed by atoms with Crippen molar-refractivity contribution in [3.05, 3.63) is 24.0 Å². The smallest absolute Gasteiger partial charge is 0.180 e. The van der Waals surface area contributed by atoms with E-state index in [1.54, 1.807) is 18.3 Å². The maximum absolute atomic E-state index is 11.3. The van der Waals surface area contributed by atoms with Crippen molar-refractivity contribution < 1.29 is 14.3 Å². The van der Waals surface area contributed by atoms with Crippen LogP contribution in [0.4, 0.5) is 0 Å². The van der Waals surface area contributed by atoms with Gasteiger partial charge in [-0.05, 0) is 12.1 Å². The van der Waals surface area contributed by atoms with E-state index in [1.807, 2.05) is 6.92 Å². The highest BCUT2D eigenvalue weighted by Gasteiger charge is 2.20. The highest BCUT2D eigenvalue weighted by molar-refractivity contribution is 5.93. The molecule has 1 aromatic rings. The summed E-state index contributed by atoms with van der Waals surface area (Å²) in [4.78, 5) is 15.3. The van der Waals surface area contributed by atoms with E-state index in [9.17, 15) is 4.79 Å². The van der Waals surface area contributed by atoms with Crippen molar-refractivity contribution in [2.75, 3.05) is 13.2 Å². The molecule has 15 heavy (non-hydrogen) atoms. The molecule has 4 heteroatoms. The van der Waals surface area contributed by atoms with Crippen molar-refractivity contribution in [1.29, 1.82) is 0 Å². The molecule has 1 aliphatic rings. The zero-order valence-corrected chi connectivity index (χ0v) is 8.60. The summed E-state index contributed by atoms with van der Waals surface area (Å²) < 4.78 is 10.5. The number of rotatable bonds is 4. The third kappa shape index (κ3) is 2.33. The lowest BCUT2D eigenvalue weighted by molar-refractivity contribution is -0.0798. The lowest BCUT2D eigenvalue weighted by Gasteiger charge is -2.26. The van der Waals surface area contributed by atoms with Crippen LogP contribution in [0.1, 0.15) is 23.8 Å². The first-order chi connectivity index (χ1) is 7.29. The number of nitrogens with zero attached hydrogens (tertiary/aromatic N) is 1. The van der Waals surface area contributed by atoms with Gasteiger partial charge in [0.25, 0.3) is 0 Å². The summed E-state index contributed by atoms with van der Waals surface area (Å²) in [7, 11) is 0.